The van der Waals surface area contributed by atoms with Crippen LogP contribution in [0.5, 0.6) is 0 Å². The SMILES string of the molecule is O=C(CN1CCNCC1)Nc1ccc(CCC(=O)C2=CCCO2)cc1. The fraction of sp³-hybridized carbons (Fsp3) is 0.474. The molecular formula is C19H25N3O3. The van der Waals surface area contributed by atoms with Crippen LogP contribution in [0, 0.1) is 0 Å². The van der Waals surface area contributed by atoms with E-state index in [1.807, 2.05) is 30.3 Å². The maximum absolute atomic E-state index is 12.1. The third-order valence-electron chi connectivity index (χ3n) is 4.44. The third-order valence-corrected chi connectivity index (χ3v) is 4.44. The van der Waals surface area contributed by atoms with Crippen LogP contribution in [0.1, 0.15) is 18.4 Å². The minimum Gasteiger partial charge on any atom is -0.490 e. The van der Waals surface area contributed by atoms with E-state index in [-0.39, 0.29) is 11.7 Å². The first kappa shape index (κ1) is 17.6. The summed E-state index contributed by atoms with van der Waals surface area (Å²) in [5.41, 5.74) is 1.86. The van der Waals surface area contributed by atoms with E-state index >= 15 is 0 Å². The van der Waals surface area contributed by atoms with Crippen LogP contribution in [-0.2, 0) is 20.7 Å². The largest absolute Gasteiger partial charge is 0.490 e. The summed E-state index contributed by atoms with van der Waals surface area (Å²) in [7, 11) is 0. The highest BCUT2D eigenvalue weighted by Gasteiger charge is 2.15. The summed E-state index contributed by atoms with van der Waals surface area (Å²) in [6, 6.07) is 7.69. The van der Waals surface area contributed by atoms with Crippen molar-refractivity contribution in [2.75, 3.05) is 44.6 Å². The van der Waals surface area contributed by atoms with Gasteiger partial charge in [-0.3, -0.25) is 14.5 Å². The highest BCUT2D eigenvalue weighted by molar-refractivity contribution is 5.94. The quantitative estimate of drug-likeness (QED) is 0.782. The zero-order valence-electron chi connectivity index (χ0n) is 14.4. The van der Waals surface area contributed by atoms with Gasteiger partial charge >= 0.3 is 0 Å². The van der Waals surface area contributed by atoms with Crippen molar-refractivity contribution < 1.29 is 14.3 Å². The molecule has 134 valence electrons. The van der Waals surface area contributed by atoms with Crippen LogP contribution in [-0.4, -0.2) is 55.9 Å². The molecule has 2 aliphatic rings. The Bertz CT molecular complexity index is 634. The Morgan fingerprint density at radius 2 is 1.92 bits per heavy atom. The lowest BCUT2D eigenvalue weighted by Gasteiger charge is -2.26. The van der Waals surface area contributed by atoms with E-state index in [4.69, 9.17) is 4.74 Å². The van der Waals surface area contributed by atoms with E-state index in [9.17, 15) is 9.59 Å². The number of ether oxygens (including phenoxy) is 1. The lowest BCUT2D eigenvalue weighted by atomic mass is 10.1. The molecule has 0 atom stereocenters. The Morgan fingerprint density at radius 3 is 2.60 bits per heavy atom. The molecule has 1 amide bonds. The summed E-state index contributed by atoms with van der Waals surface area (Å²) in [5, 5.41) is 6.20. The van der Waals surface area contributed by atoms with Crippen LogP contribution in [0.2, 0.25) is 0 Å². The summed E-state index contributed by atoms with van der Waals surface area (Å²) in [6.07, 6.45) is 3.80. The Labute approximate surface area is 148 Å². The number of carbonyl (C=O) groups excluding carboxylic acids is 2. The molecule has 2 N–H and O–H groups in total. The maximum atomic E-state index is 12.1. The van der Waals surface area contributed by atoms with E-state index in [0.717, 1.165) is 43.9 Å². The molecule has 3 rings (SSSR count). The van der Waals surface area contributed by atoms with Gasteiger partial charge in [0.25, 0.3) is 0 Å². The van der Waals surface area contributed by atoms with Gasteiger partial charge in [-0.25, -0.2) is 0 Å². The summed E-state index contributed by atoms with van der Waals surface area (Å²) in [4.78, 5) is 26.2. The van der Waals surface area contributed by atoms with Crippen molar-refractivity contribution in [3.8, 4) is 0 Å². The van der Waals surface area contributed by atoms with Crippen LogP contribution in [0.3, 0.4) is 0 Å². The van der Waals surface area contributed by atoms with Crippen LogP contribution in [0.15, 0.2) is 36.1 Å². The highest BCUT2D eigenvalue weighted by Crippen LogP contribution is 2.15. The second-order valence-corrected chi connectivity index (χ2v) is 6.40. The van der Waals surface area contributed by atoms with Crippen molar-refractivity contribution >= 4 is 17.4 Å². The second-order valence-electron chi connectivity index (χ2n) is 6.40. The van der Waals surface area contributed by atoms with Crippen LogP contribution >= 0.6 is 0 Å². The molecule has 1 aromatic carbocycles. The molecule has 6 heteroatoms. The topological polar surface area (TPSA) is 70.7 Å². The summed E-state index contributed by atoms with van der Waals surface area (Å²) in [6.45, 7) is 4.71. The number of nitrogens with one attached hydrogen (secondary N) is 2. The number of aryl methyl sites for hydroxylation is 1. The molecule has 1 fully saturated rings. The average Bonchev–Trinajstić information content (AvgIpc) is 3.16. The van der Waals surface area contributed by atoms with Crippen molar-refractivity contribution in [2.45, 2.75) is 19.3 Å². The van der Waals surface area contributed by atoms with Crippen LogP contribution in [0.25, 0.3) is 0 Å². The van der Waals surface area contributed by atoms with E-state index in [0.29, 0.717) is 31.8 Å². The van der Waals surface area contributed by atoms with Gasteiger partial charge in [0.1, 0.15) is 0 Å². The molecule has 1 saturated heterocycles. The minimum absolute atomic E-state index is 0.00940. The van der Waals surface area contributed by atoms with Gasteiger partial charge in [0.05, 0.1) is 13.2 Å². The molecular weight excluding hydrogens is 318 g/mol. The number of piperazine rings is 1. The van der Waals surface area contributed by atoms with E-state index in [2.05, 4.69) is 15.5 Å². The number of amides is 1. The number of ketones is 1. The fourth-order valence-electron chi connectivity index (χ4n) is 3.02. The molecule has 0 unspecified atom stereocenters. The van der Waals surface area contributed by atoms with Gasteiger partial charge in [-0.2, -0.15) is 0 Å². The number of allylic oxidation sites excluding steroid dienone is 1. The molecule has 2 aliphatic heterocycles. The second kappa shape index (κ2) is 8.78. The molecule has 6 nitrogen and oxygen atoms in total. The van der Waals surface area contributed by atoms with E-state index < -0.39 is 0 Å². The van der Waals surface area contributed by atoms with Crippen LogP contribution in [0.4, 0.5) is 5.69 Å². The zero-order valence-corrected chi connectivity index (χ0v) is 14.4. The lowest BCUT2D eigenvalue weighted by molar-refractivity contribution is -0.118. The fourth-order valence-corrected chi connectivity index (χ4v) is 3.02. The van der Waals surface area contributed by atoms with Crippen LogP contribution < -0.4 is 10.6 Å². The van der Waals surface area contributed by atoms with Gasteiger partial charge in [-0.05, 0) is 30.2 Å². The van der Waals surface area contributed by atoms with Gasteiger partial charge in [-0.15, -0.1) is 0 Å². The normalized spacial score (nSPS) is 17.7. The Kier molecular flexibility index (Phi) is 6.19. The van der Waals surface area contributed by atoms with Crippen molar-refractivity contribution in [2.24, 2.45) is 0 Å². The smallest absolute Gasteiger partial charge is 0.238 e. The number of nitrogens with zero attached hydrogens (tertiary/aromatic N) is 1. The summed E-state index contributed by atoms with van der Waals surface area (Å²) >= 11 is 0. The van der Waals surface area contributed by atoms with Gasteiger partial charge < -0.3 is 15.4 Å². The Hall–Kier alpha value is -2.18. The highest BCUT2D eigenvalue weighted by atomic mass is 16.5. The molecule has 1 aromatic rings. The first-order chi connectivity index (χ1) is 12.2. The first-order valence-electron chi connectivity index (χ1n) is 8.89. The number of hydrogen-bond acceptors (Lipinski definition) is 5. The number of hydrogen-bond donors (Lipinski definition) is 2. The van der Waals surface area contributed by atoms with Crippen molar-refractivity contribution in [3.63, 3.8) is 0 Å². The molecule has 0 spiro atoms. The lowest BCUT2D eigenvalue weighted by Crippen LogP contribution is -2.46. The summed E-state index contributed by atoms with van der Waals surface area (Å²) in [5.74, 6) is 0.581. The number of Topliss-reactive ketones (excluding diaryl/α,β-unsaturated/α-hetero) is 1. The van der Waals surface area contributed by atoms with Gasteiger partial charge in [-0.1, -0.05) is 12.1 Å². The molecule has 0 aliphatic carbocycles. The third kappa shape index (κ3) is 5.41. The first-order valence-corrected chi connectivity index (χ1v) is 8.89. The Morgan fingerprint density at radius 1 is 1.16 bits per heavy atom. The van der Waals surface area contributed by atoms with Crippen molar-refractivity contribution in [1.82, 2.24) is 10.2 Å². The number of rotatable bonds is 7. The number of benzene rings is 1. The maximum Gasteiger partial charge on any atom is 0.238 e. The van der Waals surface area contributed by atoms with E-state index in [1.54, 1.807) is 0 Å². The molecule has 0 saturated carbocycles. The van der Waals surface area contributed by atoms with Crippen molar-refractivity contribution in [3.05, 3.63) is 41.7 Å². The molecule has 0 radical (unpaired) electrons. The molecule has 25 heavy (non-hydrogen) atoms. The monoisotopic (exact) mass is 343 g/mol. The number of anilines is 1. The molecule has 0 bridgehead atoms. The zero-order chi connectivity index (χ0) is 17.5. The predicted molar refractivity (Wildman–Crippen MR) is 96.4 cm³/mol. The van der Waals surface area contributed by atoms with Gasteiger partial charge in [0, 0.05) is 44.7 Å². The average molecular weight is 343 g/mol. The Balaban J connectivity index is 1.43. The predicted octanol–water partition coefficient (Wildman–Crippen LogP) is 1.34. The van der Waals surface area contributed by atoms with Crippen molar-refractivity contribution in [1.29, 1.82) is 0 Å². The molecule has 2 heterocycles. The van der Waals surface area contributed by atoms with Gasteiger partial charge in [0.2, 0.25) is 5.91 Å². The summed E-state index contributed by atoms with van der Waals surface area (Å²) < 4.78 is 5.28. The van der Waals surface area contributed by atoms with Gasteiger partial charge in [0.15, 0.2) is 11.5 Å². The molecule has 0 aromatic heterocycles. The standard InChI is InChI=1S/C19H25N3O3/c23-17(18-2-1-13-25-18)8-5-15-3-6-16(7-4-15)21-19(24)14-22-11-9-20-10-12-22/h2-4,6-7,20H,1,5,8-14H2,(H,21,24). The van der Waals surface area contributed by atoms with E-state index in [1.165, 1.54) is 0 Å². The minimum atomic E-state index is 0.00940. The number of carbonyl (C=O) groups is 2.